The largest absolute Gasteiger partial charge is 0.508 e. The zero-order chi connectivity index (χ0) is 13.1. The van der Waals surface area contributed by atoms with Gasteiger partial charge < -0.3 is 10.0 Å². The molecule has 1 saturated heterocycles. The van der Waals surface area contributed by atoms with Crippen LogP contribution in [0.25, 0.3) is 11.1 Å². The maximum atomic E-state index is 9.31. The van der Waals surface area contributed by atoms with Gasteiger partial charge in [-0.25, -0.2) is 0 Å². The van der Waals surface area contributed by atoms with Crippen LogP contribution >= 0.6 is 0 Å². The van der Waals surface area contributed by atoms with Crippen molar-refractivity contribution in [3.05, 3.63) is 48.5 Å². The highest BCUT2D eigenvalue weighted by Gasteiger charge is 2.10. The van der Waals surface area contributed by atoms with E-state index in [4.69, 9.17) is 0 Å². The van der Waals surface area contributed by atoms with Gasteiger partial charge in [-0.2, -0.15) is 0 Å². The molecule has 1 fully saturated rings. The number of anilines is 1. The Morgan fingerprint density at radius 2 is 1.21 bits per heavy atom. The second-order valence-corrected chi connectivity index (χ2v) is 5.14. The van der Waals surface area contributed by atoms with Crippen molar-refractivity contribution in [1.82, 2.24) is 0 Å². The van der Waals surface area contributed by atoms with Gasteiger partial charge in [0.15, 0.2) is 0 Å². The number of rotatable bonds is 2. The molecule has 98 valence electrons. The zero-order valence-electron chi connectivity index (χ0n) is 11.0. The smallest absolute Gasteiger partial charge is 0.115 e. The summed E-state index contributed by atoms with van der Waals surface area (Å²) in [5, 5.41) is 9.31. The number of phenols is 1. The van der Waals surface area contributed by atoms with Gasteiger partial charge in [0.2, 0.25) is 0 Å². The average Bonchev–Trinajstić information content (AvgIpc) is 2.49. The van der Waals surface area contributed by atoms with E-state index in [0.29, 0.717) is 5.75 Å². The molecule has 3 rings (SSSR count). The van der Waals surface area contributed by atoms with Crippen molar-refractivity contribution >= 4 is 5.69 Å². The molecule has 0 unspecified atom stereocenters. The molecule has 0 bridgehead atoms. The zero-order valence-corrected chi connectivity index (χ0v) is 11.0. The lowest BCUT2D eigenvalue weighted by atomic mass is 10.0. The van der Waals surface area contributed by atoms with E-state index in [1.807, 2.05) is 12.1 Å². The first-order valence-electron chi connectivity index (χ1n) is 6.97. The van der Waals surface area contributed by atoms with Crippen LogP contribution in [0.3, 0.4) is 0 Å². The molecule has 2 nitrogen and oxygen atoms in total. The number of benzene rings is 2. The quantitative estimate of drug-likeness (QED) is 0.872. The average molecular weight is 253 g/mol. The Morgan fingerprint density at radius 3 is 1.79 bits per heavy atom. The van der Waals surface area contributed by atoms with Crippen molar-refractivity contribution in [3.63, 3.8) is 0 Å². The number of phenolic OH excluding ortho intramolecular Hbond substituents is 1. The van der Waals surface area contributed by atoms with Gasteiger partial charge >= 0.3 is 0 Å². The number of aromatic hydroxyl groups is 1. The number of piperidine rings is 1. The van der Waals surface area contributed by atoms with E-state index >= 15 is 0 Å². The van der Waals surface area contributed by atoms with Crippen molar-refractivity contribution in [2.45, 2.75) is 19.3 Å². The molecule has 0 saturated carbocycles. The molecule has 2 aromatic rings. The minimum atomic E-state index is 0.314. The first kappa shape index (κ1) is 12.1. The van der Waals surface area contributed by atoms with E-state index in [2.05, 4.69) is 29.2 Å². The van der Waals surface area contributed by atoms with E-state index < -0.39 is 0 Å². The minimum Gasteiger partial charge on any atom is -0.508 e. The predicted molar refractivity (Wildman–Crippen MR) is 79.6 cm³/mol. The predicted octanol–water partition coefficient (Wildman–Crippen LogP) is 4.05. The molecule has 1 aliphatic heterocycles. The Hall–Kier alpha value is -1.96. The fourth-order valence-electron chi connectivity index (χ4n) is 2.67. The summed E-state index contributed by atoms with van der Waals surface area (Å²) in [5.41, 5.74) is 3.66. The summed E-state index contributed by atoms with van der Waals surface area (Å²) in [5.74, 6) is 0.314. The molecule has 1 heterocycles. The normalized spacial score (nSPS) is 15.5. The van der Waals surface area contributed by atoms with Gasteiger partial charge in [-0.05, 0) is 54.7 Å². The highest BCUT2D eigenvalue weighted by molar-refractivity contribution is 5.67. The van der Waals surface area contributed by atoms with E-state index in [0.717, 1.165) is 5.56 Å². The summed E-state index contributed by atoms with van der Waals surface area (Å²) in [7, 11) is 0. The molecule has 0 radical (unpaired) electrons. The Kier molecular flexibility index (Phi) is 3.41. The first-order valence-corrected chi connectivity index (χ1v) is 6.97. The molecule has 0 amide bonds. The third-order valence-electron chi connectivity index (χ3n) is 3.79. The summed E-state index contributed by atoms with van der Waals surface area (Å²) < 4.78 is 0. The highest BCUT2D eigenvalue weighted by Crippen LogP contribution is 2.26. The van der Waals surface area contributed by atoms with E-state index in [9.17, 15) is 5.11 Å². The second kappa shape index (κ2) is 5.35. The molecular weight excluding hydrogens is 234 g/mol. The molecule has 0 atom stereocenters. The van der Waals surface area contributed by atoms with Gasteiger partial charge in [-0.3, -0.25) is 0 Å². The van der Waals surface area contributed by atoms with Gasteiger partial charge in [0.05, 0.1) is 0 Å². The molecule has 2 heteroatoms. The van der Waals surface area contributed by atoms with Gasteiger partial charge in [0.25, 0.3) is 0 Å². The van der Waals surface area contributed by atoms with Crippen LogP contribution in [0.1, 0.15) is 19.3 Å². The topological polar surface area (TPSA) is 23.5 Å². The third kappa shape index (κ3) is 2.73. The SMILES string of the molecule is Oc1ccc(-c2ccc(N3CCCCC3)cc2)cc1. The summed E-state index contributed by atoms with van der Waals surface area (Å²) in [4.78, 5) is 2.46. The Labute approximate surface area is 114 Å². The lowest BCUT2D eigenvalue weighted by Crippen LogP contribution is -2.29. The van der Waals surface area contributed by atoms with Crippen molar-refractivity contribution in [2.75, 3.05) is 18.0 Å². The van der Waals surface area contributed by atoms with Crippen LogP contribution in [0.5, 0.6) is 5.75 Å². The summed E-state index contributed by atoms with van der Waals surface area (Å²) in [6.07, 6.45) is 3.97. The molecule has 1 aliphatic rings. The van der Waals surface area contributed by atoms with Crippen LogP contribution < -0.4 is 4.90 Å². The lowest BCUT2D eigenvalue weighted by molar-refractivity contribution is 0.475. The van der Waals surface area contributed by atoms with Crippen LogP contribution in [-0.4, -0.2) is 18.2 Å². The standard InChI is InChI=1S/C17H19NO/c19-17-10-6-15(7-11-17)14-4-8-16(9-5-14)18-12-2-1-3-13-18/h4-11,19H,1-3,12-13H2. The summed E-state index contributed by atoms with van der Waals surface area (Å²) in [6, 6.07) is 16.1. The van der Waals surface area contributed by atoms with Crippen LogP contribution in [-0.2, 0) is 0 Å². The fraction of sp³-hybridized carbons (Fsp3) is 0.294. The van der Waals surface area contributed by atoms with E-state index in [1.54, 1.807) is 12.1 Å². The first-order chi connectivity index (χ1) is 9.33. The third-order valence-corrected chi connectivity index (χ3v) is 3.79. The summed E-state index contributed by atoms with van der Waals surface area (Å²) >= 11 is 0. The van der Waals surface area contributed by atoms with Crippen LogP contribution in [0.15, 0.2) is 48.5 Å². The number of hydrogen-bond donors (Lipinski definition) is 1. The van der Waals surface area contributed by atoms with Crippen LogP contribution in [0.4, 0.5) is 5.69 Å². The lowest BCUT2D eigenvalue weighted by Gasteiger charge is -2.28. The Bertz CT molecular complexity index is 524. The van der Waals surface area contributed by atoms with Gasteiger partial charge in [0.1, 0.15) is 5.75 Å². The Morgan fingerprint density at radius 1 is 0.684 bits per heavy atom. The number of nitrogens with zero attached hydrogens (tertiary/aromatic N) is 1. The van der Waals surface area contributed by atoms with Crippen molar-refractivity contribution in [3.8, 4) is 16.9 Å². The molecule has 19 heavy (non-hydrogen) atoms. The minimum absolute atomic E-state index is 0.314. The van der Waals surface area contributed by atoms with Crippen LogP contribution in [0, 0.1) is 0 Å². The molecule has 0 spiro atoms. The molecular formula is C17H19NO. The van der Waals surface area contributed by atoms with E-state index in [1.165, 1.54) is 43.6 Å². The van der Waals surface area contributed by atoms with Gasteiger partial charge in [0, 0.05) is 18.8 Å². The second-order valence-electron chi connectivity index (χ2n) is 5.14. The highest BCUT2D eigenvalue weighted by atomic mass is 16.3. The maximum absolute atomic E-state index is 9.31. The fourth-order valence-corrected chi connectivity index (χ4v) is 2.67. The molecule has 0 aromatic heterocycles. The molecule has 0 aliphatic carbocycles. The monoisotopic (exact) mass is 253 g/mol. The van der Waals surface area contributed by atoms with Gasteiger partial charge in [-0.15, -0.1) is 0 Å². The van der Waals surface area contributed by atoms with Crippen molar-refractivity contribution in [1.29, 1.82) is 0 Å². The summed E-state index contributed by atoms with van der Waals surface area (Å²) in [6.45, 7) is 2.36. The van der Waals surface area contributed by atoms with Crippen LogP contribution in [0.2, 0.25) is 0 Å². The van der Waals surface area contributed by atoms with Crippen molar-refractivity contribution < 1.29 is 5.11 Å². The van der Waals surface area contributed by atoms with Gasteiger partial charge in [-0.1, -0.05) is 24.3 Å². The van der Waals surface area contributed by atoms with Crippen molar-refractivity contribution in [2.24, 2.45) is 0 Å². The Balaban J connectivity index is 1.80. The molecule has 2 aromatic carbocycles. The number of hydrogen-bond acceptors (Lipinski definition) is 2. The van der Waals surface area contributed by atoms with E-state index in [-0.39, 0.29) is 0 Å². The molecule has 1 N–H and O–H groups in total. The maximum Gasteiger partial charge on any atom is 0.115 e.